The topological polar surface area (TPSA) is 53.2 Å². The van der Waals surface area contributed by atoms with E-state index in [1.165, 1.54) is 0 Å². The third-order valence-corrected chi connectivity index (χ3v) is 2.91. The number of rotatable bonds is 1. The standard InChI is InChI=1S/C14H14N2O/c1-9(2)16-14(17)11-6-10-4-3-5-13(10)12(7-11)8-15/h6-7H,3-5H2,1-2H3. The molecule has 1 aromatic carbocycles. The van der Waals surface area contributed by atoms with Gasteiger partial charge in [-0.3, -0.25) is 4.79 Å². The monoisotopic (exact) mass is 226 g/mol. The third-order valence-electron chi connectivity index (χ3n) is 2.91. The van der Waals surface area contributed by atoms with Crippen molar-refractivity contribution in [3.8, 4) is 6.07 Å². The van der Waals surface area contributed by atoms with E-state index in [1.54, 1.807) is 19.9 Å². The molecule has 1 aliphatic carbocycles. The Bertz CT molecular complexity index is 546. The second-order valence-corrected chi connectivity index (χ2v) is 4.49. The van der Waals surface area contributed by atoms with Crippen LogP contribution in [0, 0.1) is 11.3 Å². The van der Waals surface area contributed by atoms with E-state index in [4.69, 9.17) is 5.26 Å². The van der Waals surface area contributed by atoms with Crippen LogP contribution in [-0.2, 0) is 12.8 Å². The molecule has 0 aliphatic heterocycles. The van der Waals surface area contributed by atoms with E-state index in [0.717, 1.165) is 36.1 Å². The van der Waals surface area contributed by atoms with E-state index in [9.17, 15) is 4.79 Å². The summed E-state index contributed by atoms with van der Waals surface area (Å²) >= 11 is 0. The zero-order valence-corrected chi connectivity index (χ0v) is 10.1. The molecule has 3 heteroatoms. The lowest BCUT2D eigenvalue weighted by atomic mass is 10.00. The SMILES string of the molecule is CC(C)=NC(=O)c1cc(C#N)c2c(c1)CCC2. The molecule has 1 amide bonds. The zero-order chi connectivity index (χ0) is 12.4. The summed E-state index contributed by atoms with van der Waals surface area (Å²) in [6.45, 7) is 3.58. The van der Waals surface area contributed by atoms with Crippen LogP contribution in [0.25, 0.3) is 0 Å². The molecule has 0 bridgehead atoms. The lowest BCUT2D eigenvalue weighted by Crippen LogP contribution is -2.01. The molecule has 0 spiro atoms. The average molecular weight is 226 g/mol. The Labute approximate surface area is 101 Å². The molecule has 1 aliphatic rings. The van der Waals surface area contributed by atoms with E-state index in [2.05, 4.69) is 11.1 Å². The lowest BCUT2D eigenvalue weighted by Gasteiger charge is -2.04. The largest absolute Gasteiger partial charge is 0.276 e. The summed E-state index contributed by atoms with van der Waals surface area (Å²) in [4.78, 5) is 15.7. The molecule has 0 unspecified atom stereocenters. The number of nitriles is 1. The predicted octanol–water partition coefficient (Wildman–Crippen LogP) is 2.67. The Morgan fingerprint density at radius 1 is 1.35 bits per heavy atom. The average Bonchev–Trinajstić information content (AvgIpc) is 2.74. The molecule has 0 fully saturated rings. The molecule has 0 heterocycles. The summed E-state index contributed by atoms with van der Waals surface area (Å²) in [5.74, 6) is -0.254. The Morgan fingerprint density at radius 3 is 2.76 bits per heavy atom. The first-order valence-electron chi connectivity index (χ1n) is 5.74. The summed E-state index contributed by atoms with van der Waals surface area (Å²) in [6, 6.07) is 5.73. The number of carbonyl (C=O) groups excluding carboxylic acids is 1. The first-order valence-corrected chi connectivity index (χ1v) is 5.74. The first-order chi connectivity index (χ1) is 8.11. The number of aliphatic imine (C=N–C) groups is 1. The molecule has 1 aromatic rings. The number of amides is 1. The third kappa shape index (κ3) is 2.26. The van der Waals surface area contributed by atoms with Crippen LogP contribution >= 0.6 is 0 Å². The molecule has 0 saturated heterocycles. The molecule has 0 saturated carbocycles. The zero-order valence-electron chi connectivity index (χ0n) is 10.1. The Balaban J connectivity index is 2.48. The number of hydrogen-bond acceptors (Lipinski definition) is 2. The van der Waals surface area contributed by atoms with E-state index in [-0.39, 0.29) is 5.91 Å². The quantitative estimate of drug-likeness (QED) is 0.691. The summed E-state index contributed by atoms with van der Waals surface area (Å²) < 4.78 is 0. The van der Waals surface area contributed by atoms with E-state index < -0.39 is 0 Å². The minimum atomic E-state index is -0.254. The van der Waals surface area contributed by atoms with Crippen LogP contribution in [0.15, 0.2) is 17.1 Å². The molecule has 3 nitrogen and oxygen atoms in total. The Hall–Kier alpha value is -1.95. The maximum atomic E-state index is 11.8. The normalized spacial score (nSPS) is 12.8. The number of fused-ring (bicyclic) bond motifs is 1. The van der Waals surface area contributed by atoms with Gasteiger partial charge in [-0.05, 0) is 56.4 Å². The minimum absolute atomic E-state index is 0.254. The molecule has 0 aromatic heterocycles. The van der Waals surface area contributed by atoms with Crippen LogP contribution in [0.1, 0.15) is 47.3 Å². The Kier molecular flexibility index (Phi) is 3.06. The van der Waals surface area contributed by atoms with Crippen LogP contribution < -0.4 is 0 Å². The van der Waals surface area contributed by atoms with Crippen molar-refractivity contribution in [1.82, 2.24) is 0 Å². The molecule has 17 heavy (non-hydrogen) atoms. The highest BCUT2D eigenvalue weighted by atomic mass is 16.1. The van der Waals surface area contributed by atoms with Crippen LogP contribution in [0.5, 0.6) is 0 Å². The number of hydrogen-bond donors (Lipinski definition) is 0. The maximum Gasteiger partial charge on any atom is 0.276 e. The fourth-order valence-electron chi connectivity index (χ4n) is 2.20. The van der Waals surface area contributed by atoms with Crippen molar-refractivity contribution in [3.05, 3.63) is 34.4 Å². The summed E-state index contributed by atoms with van der Waals surface area (Å²) in [7, 11) is 0. The number of benzene rings is 1. The van der Waals surface area contributed by atoms with Crippen molar-refractivity contribution in [2.24, 2.45) is 4.99 Å². The summed E-state index contributed by atoms with van der Waals surface area (Å²) in [5, 5.41) is 9.09. The van der Waals surface area contributed by atoms with Crippen molar-refractivity contribution < 1.29 is 4.79 Å². The molecule has 0 radical (unpaired) electrons. The molecule has 0 atom stereocenters. The van der Waals surface area contributed by atoms with Gasteiger partial charge in [-0.2, -0.15) is 5.26 Å². The van der Waals surface area contributed by atoms with Gasteiger partial charge in [0.1, 0.15) is 0 Å². The van der Waals surface area contributed by atoms with Gasteiger partial charge in [-0.15, -0.1) is 0 Å². The fourth-order valence-corrected chi connectivity index (χ4v) is 2.20. The van der Waals surface area contributed by atoms with Crippen molar-refractivity contribution in [3.63, 3.8) is 0 Å². The highest BCUT2D eigenvalue weighted by Crippen LogP contribution is 2.26. The molecular formula is C14H14N2O. The van der Waals surface area contributed by atoms with E-state index in [1.807, 2.05) is 6.07 Å². The highest BCUT2D eigenvalue weighted by Gasteiger charge is 2.18. The predicted molar refractivity (Wildman–Crippen MR) is 66.3 cm³/mol. The molecular weight excluding hydrogens is 212 g/mol. The van der Waals surface area contributed by atoms with Gasteiger partial charge in [0, 0.05) is 11.3 Å². The van der Waals surface area contributed by atoms with Crippen LogP contribution in [-0.4, -0.2) is 11.6 Å². The van der Waals surface area contributed by atoms with Crippen LogP contribution in [0.4, 0.5) is 0 Å². The fraction of sp³-hybridized carbons (Fsp3) is 0.357. The lowest BCUT2D eigenvalue weighted by molar-refractivity contribution is 0.100. The van der Waals surface area contributed by atoms with Gasteiger partial charge < -0.3 is 0 Å². The van der Waals surface area contributed by atoms with Gasteiger partial charge in [0.2, 0.25) is 0 Å². The molecule has 0 N–H and O–H groups in total. The number of carbonyl (C=O) groups is 1. The van der Waals surface area contributed by atoms with Gasteiger partial charge in [0.25, 0.3) is 5.91 Å². The van der Waals surface area contributed by atoms with Gasteiger partial charge >= 0.3 is 0 Å². The number of aryl methyl sites for hydroxylation is 1. The van der Waals surface area contributed by atoms with Crippen molar-refractivity contribution in [2.45, 2.75) is 33.1 Å². The second-order valence-electron chi connectivity index (χ2n) is 4.49. The van der Waals surface area contributed by atoms with Gasteiger partial charge in [0.15, 0.2) is 0 Å². The first kappa shape index (κ1) is 11.5. The van der Waals surface area contributed by atoms with E-state index in [0.29, 0.717) is 11.1 Å². The summed E-state index contributed by atoms with van der Waals surface area (Å²) in [5.41, 5.74) is 4.14. The Morgan fingerprint density at radius 2 is 2.12 bits per heavy atom. The van der Waals surface area contributed by atoms with Crippen LogP contribution in [0.2, 0.25) is 0 Å². The highest BCUT2D eigenvalue weighted by molar-refractivity contribution is 6.03. The van der Waals surface area contributed by atoms with Crippen molar-refractivity contribution in [2.75, 3.05) is 0 Å². The summed E-state index contributed by atoms with van der Waals surface area (Å²) in [6.07, 6.45) is 2.97. The number of nitrogens with zero attached hydrogens (tertiary/aromatic N) is 2. The van der Waals surface area contributed by atoms with Gasteiger partial charge in [-0.25, -0.2) is 4.99 Å². The second kappa shape index (κ2) is 4.50. The van der Waals surface area contributed by atoms with Gasteiger partial charge in [0.05, 0.1) is 11.6 Å². The molecule has 86 valence electrons. The van der Waals surface area contributed by atoms with Gasteiger partial charge in [-0.1, -0.05) is 0 Å². The van der Waals surface area contributed by atoms with E-state index >= 15 is 0 Å². The molecule has 2 rings (SSSR count). The maximum absolute atomic E-state index is 11.8. The smallest absolute Gasteiger partial charge is 0.267 e. The van der Waals surface area contributed by atoms with Crippen molar-refractivity contribution in [1.29, 1.82) is 5.26 Å². The van der Waals surface area contributed by atoms with Crippen LogP contribution in [0.3, 0.4) is 0 Å². The van der Waals surface area contributed by atoms with Crippen molar-refractivity contribution >= 4 is 11.6 Å². The minimum Gasteiger partial charge on any atom is -0.267 e.